The molecule has 1 aromatic heterocycles. The van der Waals surface area contributed by atoms with Gasteiger partial charge >= 0.3 is 0 Å². The smallest absolute Gasteiger partial charge is 0.126 e. The van der Waals surface area contributed by atoms with Crippen molar-refractivity contribution in [2.45, 2.75) is 33.3 Å². The molecule has 16 heavy (non-hydrogen) atoms. The fraction of sp³-hybridized carbons (Fsp3) is 0.583. The zero-order valence-corrected chi connectivity index (χ0v) is 10.3. The Morgan fingerprint density at radius 2 is 2.19 bits per heavy atom. The molecule has 1 rings (SSSR count). The summed E-state index contributed by atoms with van der Waals surface area (Å²) >= 11 is 0. The Bertz CT molecular complexity index is 326. The maximum Gasteiger partial charge on any atom is 0.126 e. The van der Waals surface area contributed by atoms with E-state index in [2.05, 4.69) is 10.3 Å². The maximum absolute atomic E-state index is 5.69. The van der Waals surface area contributed by atoms with Crippen molar-refractivity contribution in [2.75, 3.05) is 24.2 Å². The van der Waals surface area contributed by atoms with Crippen LogP contribution in [0.25, 0.3) is 0 Å². The molecule has 4 heteroatoms. The summed E-state index contributed by atoms with van der Waals surface area (Å²) in [6.07, 6.45) is 1.28. The molecule has 1 heterocycles. The average molecular weight is 223 g/mol. The van der Waals surface area contributed by atoms with Gasteiger partial charge in [-0.15, -0.1) is 0 Å². The highest BCUT2D eigenvalue weighted by Gasteiger charge is 1.98. The number of hydrogen-bond acceptors (Lipinski definition) is 4. The van der Waals surface area contributed by atoms with Crippen molar-refractivity contribution >= 4 is 11.5 Å². The van der Waals surface area contributed by atoms with Crippen LogP contribution in [-0.2, 0) is 4.74 Å². The zero-order valence-electron chi connectivity index (χ0n) is 10.3. The van der Waals surface area contributed by atoms with Gasteiger partial charge in [0, 0.05) is 13.2 Å². The molecule has 1 aromatic rings. The SMILES string of the molecule is Cc1nc(NCCCOC(C)C)ccc1N. The number of rotatable bonds is 6. The topological polar surface area (TPSA) is 60.2 Å². The number of pyridine rings is 1. The first kappa shape index (κ1) is 12.8. The molecule has 0 aliphatic carbocycles. The minimum atomic E-state index is 0.303. The molecule has 0 radical (unpaired) electrons. The first-order chi connectivity index (χ1) is 7.59. The lowest BCUT2D eigenvalue weighted by Gasteiger charge is -2.09. The van der Waals surface area contributed by atoms with Gasteiger partial charge in [0.1, 0.15) is 5.82 Å². The molecule has 4 nitrogen and oxygen atoms in total. The average Bonchev–Trinajstić information content (AvgIpc) is 2.22. The summed E-state index contributed by atoms with van der Waals surface area (Å²) in [6, 6.07) is 3.76. The lowest BCUT2D eigenvalue weighted by molar-refractivity contribution is 0.0787. The van der Waals surface area contributed by atoms with Crippen LogP contribution in [-0.4, -0.2) is 24.2 Å². The third-order valence-electron chi connectivity index (χ3n) is 2.21. The highest BCUT2D eigenvalue weighted by molar-refractivity contribution is 5.48. The molecule has 0 amide bonds. The molecular weight excluding hydrogens is 202 g/mol. The fourth-order valence-corrected chi connectivity index (χ4v) is 1.28. The molecule has 0 spiro atoms. The van der Waals surface area contributed by atoms with Gasteiger partial charge in [0.2, 0.25) is 0 Å². The normalized spacial score (nSPS) is 10.8. The summed E-state index contributed by atoms with van der Waals surface area (Å²) in [6.45, 7) is 7.63. The number of hydrogen-bond donors (Lipinski definition) is 2. The van der Waals surface area contributed by atoms with E-state index in [0.29, 0.717) is 6.10 Å². The van der Waals surface area contributed by atoms with E-state index in [1.54, 1.807) is 0 Å². The van der Waals surface area contributed by atoms with Crippen LogP contribution in [0.5, 0.6) is 0 Å². The minimum absolute atomic E-state index is 0.303. The maximum atomic E-state index is 5.69. The van der Waals surface area contributed by atoms with Gasteiger partial charge in [0.05, 0.1) is 17.5 Å². The van der Waals surface area contributed by atoms with Crippen LogP contribution < -0.4 is 11.1 Å². The summed E-state index contributed by atoms with van der Waals surface area (Å²) in [4.78, 5) is 4.33. The van der Waals surface area contributed by atoms with Gasteiger partial charge in [0.15, 0.2) is 0 Å². The van der Waals surface area contributed by atoms with Crippen molar-refractivity contribution in [3.8, 4) is 0 Å². The molecular formula is C12H21N3O. The van der Waals surface area contributed by atoms with Crippen LogP contribution >= 0.6 is 0 Å². The van der Waals surface area contributed by atoms with Crippen molar-refractivity contribution < 1.29 is 4.74 Å². The van der Waals surface area contributed by atoms with E-state index in [1.807, 2.05) is 32.9 Å². The van der Waals surface area contributed by atoms with Gasteiger partial charge in [-0.05, 0) is 39.3 Å². The second-order valence-corrected chi connectivity index (χ2v) is 4.07. The summed E-state index contributed by atoms with van der Waals surface area (Å²) in [5.74, 6) is 0.872. The first-order valence-corrected chi connectivity index (χ1v) is 5.68. The molecule has 0 saturated carbocycles. The van der Waals surface area contributed by atoms with Gasteiger partial charge in [-0.3, -0.25) is 0 Å². The van der Waals surface area contributed by atoms with Gasteiger partial charge in [-0.2, -0.15) is 0 Å². The Morgan fingerprint density at radius 3 is 2.81 bits per heavy atom. The van der Waals surface area contributed by atoms with Crippen LogP contribution in [0.2, 0.25) is 0 Å². The van der Waals surface area contributed by atoms with Crippen molar-refractivity contribution in [2.24, 2.45) is 0 Å². The Hall–Kier alpha value is -1.29. The van der Waals surface area contributed by atoms with Crippen LogP contribution in [0.1, 0.15) is 26.0 Å². The third kappa shape index (κ3) is 4.49. The molecule has 0 unspecified atom stereocenters. The number of anilines is 2. The van der Waals surface area contributed by atoms with E-state index in [-0.39, 0.29) is 0 Å². The molecule has 3 N–H and O–H groups in total. The predicted molar refractivity (Wildman–Crippen MR) is 67.6 cm³/mol. The van der Waals surface area contributed by atoms with Gasteiger partial charge in [0.25, 0.3) is 0 Å². The highest BCUT2D eigenvalue weighted by Crippen LogP contribution is 2.11. The fourth-order valence-electron chi connectivity index (χ4n) is 1.28. The molecule has 90 valence electrons. The molecule has 0 saturated heterocycles. The number of nitrogens with zero attached hydrogens (tertiary/aromatic N) is 1. The van der Waals surface area contributed by atoms with Gasteiger partial charge in [-0.1, -0.05) is 0 Å². The number of nitrogens with one attached hydrogen (secondary N) is 1. The number of nitrogen functional groups attached to an aromatic ring is 1. The quantitative estimate of drug-likeness (QED) is 0.726. The van der Waals surface area contributed by atoms with E-state index in [1.165, 1.54) is 0 Å². The summed E-state index contributed by atoms with van der Waals surface area (Å²) in [5, 5.41) is 3.24. The molecule has 0 atom stereocenters. The largest absolute Gasteiger partial charge is 0.397 e. The Labute approximate surface area is 97.2 Å². The third-order valence-corrected chi connectivity index (χ3v) is 2.21. The van der Waals surface area contributed by atoms with Crippen molar-refractivity contribution in [3.05, 3.63) is 17.8 Å². The first-order valence-electron chi connectivity index (χ1n) is 5.68. The number of aryl methyl sites for hydroxylation is 1. The number of nitrogens with two attached hydrogens (primary N) is 1. The Balaban J connectivity index is 2.24. The predicted octanol–water partition coefficient (Wildman–Crippen LogP) is 2.20. The van der Waals surface area contributed by atoms with E-state index in [9.17, 15) is 0 Å². The summed E-state index contributed by atoms with van der Waals surface area (Å²) < 4.78 is 5.44. The van der Waals surface area contributed by atoms with Gasteiger partial charge < -0.3 is 15.8 Å². The molecule has 0 bridgehead atoms. The Morgan fingerprint density at radius 1 is 1.44 bits per heavy atom. The summed E-state index contributed by atoms with van der Waals surface area (Å²) in [5.41, 5.74) is 7.28. The van der Waals surface area contributed by atoms with Crippen molar-refractivity contribution in [1.82, 2.24) is 4.98 Å². The molecule has 0 fully saturated rings. The van der Waals surface area contributed by atoms with Gasteiger partial charge in [-0.25, -0.2) is 4.98 Å². The van der Waals surface area contributed by atoms with E-state index in [0.717, 1.165) is 36.8 Å². The van der Waals surface area contributed by atoms with Crippen LogP contribution in [0, 0.1) is 6.92 Å². The van der Waals surface area contributed by atoms with Crippen LogP contribution in [0.3, 0.4) is 0 Å². The lowest BCUT2D eigenvalue weighted by Crippen LogP contribution is -2.10. The van der Waals surface area contributed by atoms with E-state index in [4.69, 9.17) is 10.5 Å². The zero-order chi connectivity index (χ0) is 12.0. The van der Waals surface area contributed by atoms with E-state index >= 15 is 0 Å². The van der Waals surface area contributed by atoms with E-state index < -0.39 is 0 Å². The second kappa shape index (κ2) is 6.33. The highest BCUT2D eigenvalue weighted by atomic mass is 16.5. The molecule has 0 aliphatic heterocycles. The van der Waals surface area contributed by atoms with Crippen LogP contribution in [0.15, 0.2) is 12.1 Å². The van der Waals surface area contributed by atoms with Crippen molar-refractivity contribution in [3.63, 3.8) is 0 Å². The standard InChI is InChI=1S/C12H21N3O/c1-9(2)16-8-4-7-14-12-6-5-11(13)10(3)15-12/h5-6,9H,4,7-8,13H2,1-3H3,(H,14,15). The Kier molecular flexibility index (Phi) is 5.05. The monoisotopic (exact) mass is 223 g/mol. The molecule has 0 aromatic carbocycles. The minimum Gasteiger partial charge on any atom is -0.397 e. The molecule has 0 aliphatic rings. The second-order valence-electron chi connectivity index (χ2n) is 4.07. The lowest BCUT2D eigenvalue weighted by atomic mass is 10.3. The van der Waals surface area contributed by atoms with Crippen molar-refractivity contribution in [1.29, 1.82) is 0 Å². The van der Waals surface area contributed by atoms with Crippen LogP contribution in [0.4, 0.5) is 11.5 Å². The summed E-state index contributed by atoms with van der Waals surface area (Å²) in [7, 11) is 0. The number of aromatic nitrogens is 1. The number of ether oxygens (including phenoxy) is 1.